The number of nitrogens with one attached hydrogen (secondary N) is 1. The largest absolute Gasteiger partial charge is 0.385 e. The second-order valence-corrected chi connectivity index (χ2v) is 6.77. The number of pyridine rings is 1. The number of aromatic nitrogens is 2. The van der Waals surface area contributed by atoms with Crippen LogP contribution >= 0.6 is 11.6 Å². The highest BCUT2D eigenvalue weighted by molar-refractivity contribution is 6.30. The SMILES string of the molecule is Clc1ccc(Cn2cc(CCNc3ccncc3)c3ccccc32)cc1. The molecular formula is C22H20ClN3. The van der Waals surface area contributed by atoms with Crippen LogP contribution in [-0.2, 0) is 13.0 Å². The molecule has 2 heterocycles. The van der Waals surface area contributed by atoms with Gasteiger partial charge in [-0.05, 0) is 47.9 Å². The van der Waals surface area contributed by atoms with E-state index in [1.165, 1.54) is 22.0 Å². The van der Waals surface area contributed by atoms with Crippen LogP contribution in [0.2, 0.25) is 5.02 Å². The van der Waals surface area contributed by atoms with Gasteiger partial charge in [-0.15, -0.1) is 0 Å². The topological polar surface area (TPSA) is 29.9 Å². The van der Waals surface area contributed by atoms with Crippen LogP contribution in [-0.4, -0.2) is 16.1 Å². The van der Waals surface area contributed by atoms with Gasteiger partial charge in [0.1, 0.15) is 0 Å². The van der Waals surface area contributed by atoms with Gasteiger partial charge in [0.25, 0.3) is 0 Å². The summed E-state index contributed by atoms with van der Waals surface area (Å²) in [5.41, 5.74) is 4.97. The van der Waals surface area contributed by atoms with Crippen LogP contribution in [0.5, 0.6) is 0 Å². The van der Waals surface area contributed by atoms with Crippen molar-refractivity contribution in [3.63, 3.8) is 0 Å². The maximum absolute atomic E-state index is 6.00. The standard InChI is InChI=1S/C22H20ClN3/c23-19-7-5-17(6-8-19)15-26-16-18(21-3-1-2-4-22(21)26)9-14-25-20-10-12-24-13-11-20/h1-8,10-13,16H,9,14-15H2,(H,24,25). The Morgan fingerprint density at radius 3 is 2.50 bits per heavy atom. The quantitative estimate of drug-likeness (QED) is 0.498. The maximum Gasteiger partial charge on any atom is 0.0486 e. The van der Waals surface area contributed by atoms with Crippen LogP contribution in [0.25, 0.3) is 10.9 Å². The van der Waals surface area contributed by atoms with Crippen LogP contribution in [0, 0.1) is 0 Å². The summed E-state index contributed by atoms with van der Waals surface area (Å²) in [6, 6.07) is 20.6. The lowest BCUT2D eigenvalue weighted by Crippen LogP contribution is -2.04. The van der Waals surface area contributed by atoms with E-state index >= 15 is 0 Å². The van der Waals surface area contributed by atoms with Crippen molar-refractivity contribution < 1.29 is 0 Å². The molecule has 2 aromatic carbocycles. The lowest BCUT2D eigenvalue weighted by molar-refractivity contribution is 0.829. The third kappa shape index (κ3) is 3.73. The summed E-state index contributed by atoms with van der Waals surface area (Å²) in [5, 5.41) is 5.55. The van der Waals surface area contributed by atoms with E-state index in [0.717, 1.165) is 30.2 Å². The lowest BCUT2D eigenvalue weighted by Gasteiger charge is -2.06. The van der Waals surface area contributed by atoms with E-state index < -0.39 is 0 Å². The molecule has 0 saturated carbocycles. The molecule has 4 heteroatoms. The van der Waals surface area contributed by atoms with Gasteiger partial charge >= 0.3 is 0 Å². The van der Waals surface area contributed by atoms with Gasteiger partial charge in [-0.1, -0.05) is 41.9 Å². The summed E-state index contributed by atoms with van der Waals surface area (Å²) in [7, 11) is 0. The van der Waals surface area contributed by atoms with Crippen molar-refractivity contribution in [3.05, 3.63) is 95.4 Å². The van der Waals surface area contributed by atoms with Crippen LogP contribution in [0.15, 0.2) is 79.3 Å². The molecule has 26 heavy (non-hydrogen) atoms. The molecule has 3 nitrogen and oxygen atoms in total. The van der Waals surface area contributed by atoms with Gasteiger partial charge in [-0.25, -0.2) is 0 Å². The van der Waals surface area contributed by atoms with E-state index in [2.05, 4.69) is 57.5 Å². The average molecular weight is 362 g/mol. The zero-order chi connectivity index (χ0) is 17.8. The molecule has 0 aliphatic carbocycles. The van der Waals surface area contributed by atoms with Crippen molar-refractivity contribution in [1.82, 2.24) is 9.55 Å². The highest BCUT2D eigenvalue weighted by Gasteiger charge is 2.08. The first-order chi connectivity index (χ1) is 12.8. The molecule has 0 radical (unpaired) electrons. The fourth-order valence-corrected chi connectivity index (χ4v) is 3.38. The van der Waals surface area contributed by atoms with Crippen molar-refractivity contribution in [2.24, 2.45) is 0 Å². The first kappa shape index (κ1) is 16.7. The van der Waals surface area contributed by atoms with E-state index in [-0.39, 0.29) is 0 Å². The molecule has 0 spiro atoms. The van der Waals surface area contributed by atoms with Gasteiger partial charge in [0.05, 0.1) is 0 Å². The van der Waals surface area contributed by atoms with E-state index in [9.17, 15) is 0 Å². The van der Waals surface area contributed by atoms with Gasteiger partial charge in [-0.2, -0.15) is 0 Å². The molecule has 0 atom stereocenters. The molecular weight excluding hydrogens is 342 g/mol. The van der Waals surface area contributed by atoms with E-state index in [4.69, 9.17) is 11.6 Å². The molecule has 130 valence electrons. The van der Waals surface area contributed by atoms with Crippen molar-refractivity contribution in [2.45, 2.75) is 13.0 Å². The number of fused-ring (bicyclic) bond motifs is 1. The van der Waals surface area contributed by atoms with E-state index in [1.807, 2.05) is 24.3 Å². The molecule has 0 aliphatic rings. The van der Waals surface area contributed by atoms with Gasteiger partial charge in [0.2, 0.25) is 0 Å². The molecule has 0 bridgehead atoms. The summed E-state index contributed by atoms with van der Waals surface area (Å²) in [6.45, 7) is 1.73. The van der Waals surface area contributed by atoms with Crippen molar-refractivity contribution in [2.75, 3.05) is 11.9 Å². The lowest BCUT2D eigenvalue weighted by atomic mass is 10.1. The van der Waals surface area contributed by atoms with E-state index in [0.29, 0.717) is 0 Å². The Labute approximate surface area is 158 Å². The number of rotatable bonds is 6. The molecule has 1 N–H and O–H groups in total. The summed E-state index contributed by atoms with van der Waals surface area (Å²) >= 11 is 6.00. The number of hydrogen-bond acceptors (Lipinski definition) is 2. The highest BCUT2D eigenvalue weighted by Crippen LogP contribution is 2.23. The first-order valence-electron chi connectivity index (χ1n) is 8.75. The van der Waals surface area contributed by atoms with E-state index in [1.54, 1.807) is 12.4 Å². The number of anilines is 1. The molecule has 0 amide bonds. The molecule has 0 saturated heterocycles. The number of halogens is 1. The van der Waals surface area contributed by atoms with Gasteiger partial charge in [0, 0.05) is 53.3 Å². The number of para-hydroxylation sites is 1. The van der Waals surface area contributed by atoms with Crippen molar-refractivity contribution in [1.29, 1.82) is 0 Å². The maximum atomic E-state index is 6.00. The smallest absolute Gasteiger partial charge is 0.0486 e. The fraction of sp³-hybridized carbons (Fsp3) is 0.136. The summed E-state index contributed by atoms with van der Waals surface area (Å²) in [6.07, 6.45) is 6.85. The minimum atomic E-state index is 0.772. The minimum absolute atomic E-state index is 0.772. The number of hydrogen-bond donors (Lipinski definition) is 1. The van der Waals surface area contributed by atoms with Crippen LogP contribution in [0.1, 0.15) is 11.1 Å². The summed E-state index contributed by atoms with van der Waals surface area (Å²) in [5.74, 6) is 0. The Morgan fingerprint density at radius 2 is 1.69 bits per heavy atom. The number of nitrogens with zero attached hydrogens (tertiary/aromatic N) is 2. The predicted octanol–water partition coefficient (Wildman–Crippen LogP) is 5.39. The molecule has 0 aliphatic heterocycles. The molecule has 4 rings (SSSR count). The van der Waals surface area contributed by atoms with Gasteiger partial charge < -0.3 is 9.88 Å². The zero-order valence-electron chi connectivity index (χ0n) is 14.4. The molecule has 0 fully saturated rings. The number of benzene rings is 2. The average Bonchev–Trinajstić information content (AvgIpc) is 3.02. The second-order valence-electron chi connectivity index (χ2n) is 6.34. The fourth-order valence-electron chi connectivity index (χ4n) is 3.25. The third-order valence-electron chi connectivity index (χ3n) is 4.54. The predicted molar refractivity (Wildman–Crippen MR) is 109 cm³/mol. The molecule has 4 aromatic rings. The first-order valence-corrected chi connectivity index (χ1v) is 9.12. The monoisotopic (exact) mass is 361 g/mol. The van der Waals surface area contributed by atoms with Gasteiger partial charge in [-0.3, -0.25) is 4.98 Å². The second kappa shape index (κ2) is 7.63. The highest BCUT2D eigenvalue weighted by atomic mass is 35.5. The summed E-state index contributed by atoms with van der Waals surface area (Å²) in [4.78, 5) is 4.05. The zero-order valence-corrected chi connectivity index (χ0v) is 15.2. The Kier molecular flexibility index (Phi) is 4.89. The van der Waals surface area contributed by atoms with Crippen LogP contribution in [0.3, 0.4) is 0 Å². The third-order valence-corrected chi connectivity index (χ3v) is 4.79. The Hall–Kier alpha value is -2.78. The Morgan fingerprint density at radius 1 is 0.923 bits per heavy atom. The Balaban J connectivity index is 1.54. The molecule has 2 aromatic heterocycles. The van der Waals surface area contributed by atoms with Crippen LogP contribution in [0.4, 0.5) is 5.69 Å². The van der Waals surface area contributed by atoms with Crippen molar-refractivity contribution >= 4 is 28.2 Å². The van der Waals surface area contributed by atoms with Gasteiger partial charge in [0.15, 0.2) is 0 Å². The minimum Gasteiger partial charge on any atom is -0.385 e. The Bertz CT molecular complexity index is 991. The summed E-state index contributed by atoms with van der Waals surface area (Å²) < 4.78 is 2.32. The van der Waals surface area contributed by atoms with Crippen molar-refractivity contribution in [3.8, 4) is 0 Å². The molecule has 0 unspecified atom stereocenters. The normalized spacial score (nSPS) is 11.0. The van der Waals surface area contributed by atoms with Crippen LogP contribution < -0.4 is 5.32 Å².